The number of ether oxygens (including phenoxy) is 1. The normalized spacial score (nSPS) is 29.0. The molecule has 0 spiro atoms. The van der Waals surface area contributed by atoms with Crippen molar-refractivity contribution in [3.63, 3.8) is 0 Å². The number of hydrogen-bond donors (Lipinski definition) is 1. The fourth-order valence-corrected chi connectivity index (χ4v) is 4.11. The highest BCUT2D eigenvalue weighted by Crippen LogP contribution is 2.32. The Labute approximate surface area is 144 Å². The Morgan fingerprint density at radius 3 is 2.33 bits per heavy atom. The molecule has 2 atom stereocenters. The van der Waals surface area contributed by atoms with Gasteiger partial charge in [0.2, 0.25) is 11.8 Å². The van der Waals surface area contributed by atoms with Crippen LogP contribution in [0.5, 0.6) is 0 Å². The number of carbonyl (C=O) groups is 2. The molecule has 0 radical (unpaired) electrons. The second kappa shape index (κ2) is 8.27. The van der Waals surface area contributed by atoms with Gasteiger partial charge in [-0.15, -0.1) is 0 Å². The SMILES string of the molecule is NC[C@H]1CCC[C@H]1C(=O)N1CCN(CC(=O)N2CCOCC2)CC1. The second-order valence-electron chi connectivity index (χ2n) is 7.13. The van der Waals surface area contributed by atoms with Crippen LogP contribution in [0.4, 0.5) is 0 Å². The van der Waals surface area contributed by atoms with Gasteiger partial charge in [0.1, 0.15) is 0 Å². The summed E-state index contributed by atoms with van der Waals surface area (Å²) in [5.74, 6) is 0.939. The van der Waals surface area contributed by atoms with E-state index in [2.05, 4.69) is 4.90 Å². The van der Waals surface area contributed by atoms with Gasteiger partial charge >= 0.3 is 0 Å². The zero-order valence-corrected chi connectivity index (χ0v) is 14.5. The van der Waals surface area contributed by atoms with Crippen molar-refractivity contribution in [1.29, 1.82) is 0 Å². The molecule has 2 N–H and O–H groups in total. The summed E-state index contributed by atoms with van der Waals surface area (Å²) >= 11 is 0. The van der Waals surface area contributed by atoms with E-state index in [1.807, 2.05) is 9.80 Å². The van der Waals surface area contributed by atoms with Crippen molar-refractivity contribution in [2.24, 2.45) is 17.6 Å². The van der Waals surface area contributed by atoms with Crippen molar-refractivity contribution in [3.8, 4) is 0 Å². The van der Waals surface area contributed by atoms with Gasteiger partial charge in [-0.2, -0.15) is 0 Å². The van der Waals surface area contributed by atoms with Crippen LogP contribution >= 0.6 is 0 Å². The van der Waals surface area contributed by atoms with Gasteiger partial charge in [0.05, 0.1) is 19.8 Å². The molecule has 0 unspecified atom stereocenters. The van der Waals surface area contributed by atoms with E-state index in [1.54, 1.807) is 0 Å². The lowest BCUT2D eigenvalue weighted by Crippen LogP contribution is -2.54. The third-order valence-corrected chi connectivity index (χ3v) is 5.69. The van der Waals surface area contributed by atoms with Gasteiger partial charge in [-0.1, -0.05) is 6.42 Å². The van der Waals surface area contributed by atoms with Crippen LogP contribution in [0, 0.1) is 11.8 Å². The van der Waals surface area contributed by atoms with E-state index in [0.717, 1.165) is 45.4 Å². The largest absolute Gasteiger partial charge is 0.378 e. The van der Waals surface area contributed by atoms with E-state index in [4.69, 9.17) is 10.5 Å². The zero-order chi connectivity index (χ0) is 16.9. The van der Waals surface area contributed by atoms with Gasteiger partial charge in [0, 0.05) is 45.2 Å². The van der Waals surface area contributed by atoms with Crippen LogP contribution in [0.1, 0.15) is 19.3 Å². The number of nitrogens with two attached hydrogens (primary N) is 1. The maximum absolute atomic E-state index is 12.7. The molecule has 136 valence electrons. The summed E-state index contributed by atoms with van der Waals surface area (Å²) in [6.45, 7) is 6.74. The first kappa shape index (κ1) is 17.6. The molecule has 3 fully saturated rings. The summed E-state index contributed by atoms with van der Waals surface area (Å²) in [6.07, 6.45) is 3.18. The number of nitrogens with zero attached hydrogens (tertiary/aromatic N) is 3. The lowest BCUT2D eigenvalue weighted by Gasteiger charge is -2.37. The van der Waals surface area contributed by atoms with E-state index in [0.29, 0.717) is 45.3 Å². The first-order valence-electron chi connectivity index (χ1n) is 9.25. The Morgan fingerprint density at radius 2 is 1.67 bits per heavy atom. The van der Waals surface area contributed by atoms with E-state index in [-0.39, 0.29) is 17.7 Å². The first-order chi connectivity index (χ1) is 11.7. The highest BCUT2D eigenvalue weighted by molar-refractivity contribution is 5.80. The molecule has 2 amide bonds. The quantitative estimate of drug-likeness (QED) is 0.738. The van der Waals surface area contributed by atoms with Gasteiger partial charge < -0.3 is 20.3 Å². The molecular weight excluding hydrogens is 308 g/mol. The summed E-state index contributed by atoms with van der Waals surface area (Å²) in [4.78, 5) is 31.0. The maximum Gasteiger partial charge on any atom is 0.236 e. The fourth-order valence-electron chi connectivity index (χ4n) is 4.11. The molecule has 0 bridgehead atoms. The van der Waals surface area contributed by atoms with Crippen molar-refractivity contribution < 1.29 is 14.3 Å². The number of morpholine rings is 1. The molecule has 0 aromatic rings. The molecule has 2 aliphatic heterocycles. The lowest BCUT2D eigenvalue weighted by atomic mass is 9.94. The molecule has 2 heterocycles. The van der Waals surface area contributed by atoms with Crippen molar-refractivity contribution in [2.75, 3.05) is 65.6 Å². The first-order valence-corrected chi connectivity index (χ1v) is 9.25. The van der Waals surface area contributed by atoms with Crippen molar-refractivity contribution in [3.05, 3.63) is 0 Å². The third-order valence-electron chi connectivity index (χ3n) is 5.69. The molecule has 0 aromatic carbocycles. The molecular formula is C17H30N4O3. The number of carbonyl (C=O) groups excluding carboxylic acids is 2. The summed E-state index contributed by atoms with van der Waals surface area (Å²) in [5, 5.41) is 0. The monoisotopic (exact) mass is 338 g/mol. The van der Waals surface area contributed by atoms with Crippen molar-refractivity contribution in [2.45, 2.75) is 19.3 Å². The number of amides is 2. The topological polar surface area (TPSA) is 79.1 Å². The Morgan fingerprint density at radius 1 is 0.958 bits per heavy atom. The van der Waals surface area contributed by atoms with E-state index in [1.165, 1.54) is 0 Å². The standard InChI is InChI=1S/C17H30N4O3/c18-12-14-2-1-3-15(14)17(23)21-6-4-19(5-7-21)13-16(22)20-8-10-24-11-9-20/h14-15H,1-13,18H2/t14-,15-/m1/s1. The predicted octanol–water partition coefficient (Wildman–Crippen LogP) is -0.636. The van der Waals surface area contributed by atoms with Gasteiger partial charge in [-0.3, -0.25) is 14.5 Å². The molecule has 7 heteroatoms. The molecule has 1 aliphatic carbocycles. The Kier molecular flexibility index (Phi) is 6.08. The fraction of sp³-hybridized carbons (Fsp3) is 0.882. The van der Waals surface area contributed by atoms with Crippen LogP contribution in [0.2, 0.25) is 0 Å². The zero-order valence-electron chi connectivity index (χ0n) is 14.5. The average molecular weight is 338 g/mol. The minimum atomic E-state index is 0.122. The van der Waals surface area contributed by atoms with E-state index < -0.39 is 0 Å². The van der Waals surface area contributed by atoms with Crippen molar-refractivity contribution >= 4 is 11.8 Å². The van der Waals surface area contributed by atoms with Crippen LogP contribution < -0.4 is 5.73 Å². The molecule has 7 nitrogen and oxygen atoms in total. The summed E-state index contributed by atoms with van der Waals surface area (Å²) in [6, 6.07) is 0. The highest BCUT2D eigenvalue weighted by Gasteiger charge is 2.35. The summed E-state index contributed by atoms with van der Waals surface area (Å²) in [5.41, 5.74) is 5.81. The highest BCUT2D eigenvalue weighted by atomic mass is 16.5. The number of piperazine rings is 1. The minimum absolute atomic E-state index is 0.122. The molecule has 2 saturated heterocycles. The molecule has 3 rings (SSSR count). The number of rotatable bonds is 4. The van der Waals surface area contributed by atoms with E-state index >= 15 is 0 Å². The van der Waals surface area contributed by atoms with Gasteiger partial charge in [0.15, 0.2) is 0 Å². The van der Waals surface area contributed by atoms with Crippen molar-refractivity contribution in [1.82, 2.24) is 14.7 Å². The van der Waals surface area contributed by atoms with Gasteiger partial charge in [0.25, 0.3) is 0 Å². The predicted molar refractivity (Wildman–Crippen MR) is 90.3 cm³/mol. The third kappa shape index (κ3) is 4.07. The Hall–Kier alpha value is -1.18. The molecule has 0 aromatic heterocycles. The number of hydrogen-bond acceptors (Lipinski definition) is 5. The summed E-state index contributed by atoms with van der Waals surface area (Å²) in [7, 11) is 0. The second-order valence-corrected chi connectivity index (χ2v) is 7.13. The van der Waals surface area contributed by atoms with Crippen LogP contribution in [-0.2, 0) is 14.3 Å². The average Bonchev–Trinajstić information content (AvgIpc) is 3.11. The molecule has 24 heavy (non-hydrogen) atoms. The van der Waals surface area contributed by atoms with E-state index in [9.17, 15) is 9.59 Å². The Balaban J connectivity index is 1.43. The van der Waals surface area contributed by atoms with Crippen LogP contribution in [0.25, 0.3) is 0 Å². The minimum Gasteiger partial charge on any atom is -0.378 e. The van der Waals surface area contributed by atoms with Gasteiger partial charge in [-0.05, 0) is 25.3 Å². The molecule has 1 saturated carbocycles. The van der Waals surface area contributed by atoms with Crippen LogP contribution in [0.3, 0.4) is 0 Å². The molecule has 3 aliphatic rings. The lowest BCUT2D eigenvalue weighted by molar-refractivity contribution is -0.140. The Bertz CT molecular complexity index is 445. The van der Waals surface area contributed by atoms with Crippen LogP contribution in [0.15, 0.2) is 0 Å². The summed E-state index contributed by atoms with van der Waals surface area (Å²) < 4.78 is 5.29. The smallest absolute Gasteiger partial charge is 0.236 e. The maximum atomic E-state index is 12.7. The van der Waals surface area contributed by atoms with Crippen LogP contribution in [-0.4, -0.2) is 92.1 Å². The van der Waals surface area contributed by atoms with Gasteiger partial charge in [-0.25, -0.2) is 0 Å².